The maximum absolute atomic E-state index is 13.5. The highest BCUT2D eigenvalue weighted by Gasteiger charge is 2.32. The molecule has 1 aliphatic carbocycles. The molecule has 1 saturated carbocycles. The summed E-state index contributed by atoms with van der Waals surface area (Å²) >= 11 is 6.00. The lowest BCUT2D eigenvalue weighted by atomic mass is 10.1. The van der Waals surface area contributed by atoms with Crippen LogP contribution in [0.15, 0.2) is 51.8 Å². The van der Waals surface area contributed by atoms with Crippen molar-refractivity contribution in [3.8, 4) is 17.0 Å². The van der Waals surface area contributed by atoms with Crippen LogP contribution < -0.4 is 15.6 Å². The van der Waals surface area contributed by atoms with E-state index in [4.69, 9.17) is 20.9 Å². The topological polar surface area (TPSA) is 99.2 Å². The van der Waals surface area contributed by atoms with E-state index in [0.717, 1.165) is 18.4 Å². The summed E-state index contributed by atoms with van der Waals surface area (Å²) < 4.78 is 12.7. The molecule has 5 rings (SSSR count). The Morgan fingerprint density at radius 1 is 1.24 bits per heavy atom. The minimum Gasteiger partial charge on any atom is -0.496 e. The second kappa shape index (κ2) is 8.95. The normalized spacial score (nSPS) is 13.3. The van der Waals surface area contributed by atoms with E-state index < -0.39 is 0 Å². The first kappa shape index (κ1) is 22.2. The molecule has 174 valence electrons. The number of anilines is 1. The Hall–Kier alpha value is -3.65. The number of fused-ring (bicyclic) bond motifs is 1. The van der Waals surface area contributed by atoms with Gasteiger partial charge in [0.2, 0.25) is 11.5 Å². The van der Waals surface area contributed by atoms with Crippen LogP contribution in [0.25, 0.3) is 22.2 Å². The zero-order chi connectivity index (χ0) is 23.8. The van der Waals surface area contributed by atoms with E-state index in [-0.39, 0.29) is 17.4 Å². The van der Waals surface area contributed by atoms with Crippen molar-refractivity contribution in [3.05, 3.63) is 69.1 Å². The highest BCUT2D eigenvalue weighted by molar-refractivity contribution is 6.30. The lowest BCUT2D eigenvalue weighted by Crippen LogP contribution is -2.25. The molecule has 1 N–H and O–H groups in total. The van der Waals surface area contributed by atoms with Crippen LogP contribution >= 0.6 is 11.6 Å². The van der Waals surface area contributed by atoms with Gasteiger partial charge < -0.3 is 14.6 Å². The third-order valence-electron chi connectivity index (χ3n) is 5.87. The second-order valence-corrected chi connectivity index (χ2v) is 8.83. The molecule has 0 saturated heterocycles. The third-order valence-corrected chi connectivity index (χ3v) is 6.12. The Balaban J connectivity index is 1.65. The Morgan fingerprint density at radius 2 is 2.00 bits per heavy atom. The maximum Gasteiger partial charge on any atom is 0.279 e. The van der Waals surface area contributed by atoms with Crippen molar-refractivity contribution in [2.45, 2.75) is 38.6 Å². The van der Waals surface area contributed by atoms with Crippen molar-refractivity contribution in [1.29, 1.82) is 0 Å². The van der Waals surface area contributed by atoms with Crippen molar-refractivity contribution in [3.63, 3.8) is 0 Å². The number of benzene rings is 2. The van der Waals surface area contributed by atoms with Crippen LogP contribution in [0.1, 0.15) is 36.9 Å². The summed E-state index contributed by atoms with van der Waals surface area (Å²) in [4.78, 5) is 25.1. The number of halogens is 1. The number of aryl methyl sites for hydroxylation is 2. The van der Waals surface area contributed by atoms with Gasteiger partial charge in [0, 0.05) is 30.1 Å². The molecule has 2 aromatic heterocycles. The molecule has 0 spiro atoms. The van der Waals surface area contributed by atoms with Gasteiger partial charge in [-0.25, -0.2) is 4.68 Å². The van der Waals surface area contributed by atoms with E-state index in [9.17, 15) is 9.59 Å². The van der Waals surface area contributed by atoms with Crippen molar-refractivity contribution in [1.82, 2.24) is 14.9 Å². The van der Waals surface area contributed by atoms with Crippen LogP contribution in [0.4, 0.5) is 5.69 Å². The quantitative estimate of drug-likeness (QED) is 0.410. The zero-order valence-electron chi connectivity index (χ0n) is 18.8. The summed E-state index contributed by atoms with van der Waals surface area (Å²) in [6.07, 6.45) is 2.55. The van der Waals surface area contributed by atoms with Gasteiger partial charge in [-0.1, -0.05) is 28.9 Å². The van der Waals surface area contributed by atoms with Gasteiger partial charge >= 0.3 is 0 Å². The predicted octanol–water partition coefficient (Wildman–Crippen LogP) is 4.79. The number of carbonyl (C=O) groups is 1. The van der Waals surface area contributed by atoms with Crippen LogP contribution in [-0.4, -0.2) is 28.0 Å². The van der Waals surface area contributed by atoms with Crippen LogP contribution in [0.5, 0.6) is 5.75 Å². The first-order chi connectivity index (χ1) is 16.4. The number of rotatable bonds is 7. The average Bonchev–Trinajstić information content (AvgIpc) is 3.57. The smallest absolute Gasteiger partial charge is 0.279 e. The fourth-order valence-electron chi connectivity index (χ4n) is 4.03. The van der Waals surface area contributed by atoms with Gasteiger partial charge in [-0.05, 0) is 55.2 Å². The molecule has 1 amide bonds. The number of ether oxygens (including phenoxy) is 1. The number of hydrogen-bond donors (Lipinski definition) is 1. The number of carbonyl (C=O) groups excluding carboxylic acids is 1. The number of nitrogens with one attached hydrogen (secondary N) is 1. The maximum atomic E-state index is 13.5. The van der Waals surface area contributed by atoms with Gasteiger partial charge in [0.15, 0.2) is 0 Å². The highest BCUT2D eigenvalue weighted by Crippen LogP contribution is 2.43. The van der Waals surface area contributed by atoms with Crippen LogP contribution in [-0.2, 0) is 17.8 Å². The zero-order valence-corrected chi connectivity index (χ0v) is 19.6. The molecule has 1 fully saturated rings. The first-order valence-electron chi connectivity index (χ1n) is 11.1. The van der Waals surface area contributed by atoms with Crippen LogP contribution in [0, 0.1) is 0 Å². The van der Waals surface area contributed by atoms with Gasteiger partial charge in [0.05, 0.1) is 12.7 Å². The number of aromatic nitrogens is 3. The molecule has 9 heteroatoms. The monoisotopic (exact) mass is 478 g/mol. The highest BCUT2D eigenvalue weighted by atomic mass is 35.5. The summed E-state index contributed by atoms with van der Waals surface area (Å²) in [5.74, 6) is 0.564. The molecular formula is C25H23ClN4O4. The van der Waals surface area contributed by atoms with E-state index in [1.54, 1.807) is 25.3 Å². The summed E-state index contributed by atoms with van der Waals surface area (Å²) in [5, 5.41) is 12.8. The van der Waals surface area contributed by atoms with Crippen LogP contribution in [0.2, 0.25) is 5.02 Å². The second-order valence-electron chi connectivity index (χ2n) is 8.40. The molecule has 8 nitrogen and oxygen atoms in total. The molecule has 0 radical (unpaired) electrons. The summed E-state index contributed by atoms with van der Waals surface area (Å²) in [5.41, 5.74) is 3.44. The number of amides is 1. The number of hydrogen-bond acceptors (Lipinski definition) is 6. The van der Waals surface area contributed by atoms with E-state index in [1.807, 2.05) is 24.3 Å². The SMILES string of the molecule is COc1ccc(NC(C)=O)cc1-c1nn(CCc2ccc(Cl)cc2)c(=O)c2c(C3CC3)noc12. The summed E-state index contributed by atoms with van der Waals surface area (Å²) in [6.45, 7) is 1.81. The standard InChI is InChI=1S/C25H23ClN4O4/c1-14(31)27-18-9-10-20(33-2)19(13-18)23-24-21(22(29-34-24)16-5-6-16)25(32)30(28-23)12-11-15-3-7-17(26)8-4-15/h3-4,7-10,13,16H,5-6,11-12H2,1-2H3,(H,27,31). The first-order valence-corrected chi connectivity index (χ1v) is 11.4. The van der Waals surface area contributed by atoms with E-state index in [0.29, 0.717) is 57.3 Å². The van der Waals surface area contributed by atoms with Crippen molar-refractivity contribution in [2.24, 2.45) is 0 Å². The Bertz CT molecular complexity index is 1440. The fraction of sp³-hybridized carbons (Fsp3) is 0.280. The van der Waals surface area contributed by atoms with Crippen molar-refractivity contribution < 1.29 is 14.1 Å². The molecular weight excluding hydrogens is 456 g/mol. The Morgan fingerprint density at radius 3 is 2.68 bits per heavy atom. The number of methoxy groups -OCH3 is 1. The summed E-state index contributed by atoms with van der Waals surface area (Å²) in [6, 6.07) is 12.8. The Kier molecular flexibility index (Phi) is 5.83. The van der Waals surface area contributed by atoms with Gasteiger partial charge in [-0.2, -0.15) is 5.10 Å². The minimum absolute atomic E-state index is 0.196. The van der Waals surface area contributed by atoms with E-state index >= 15 is 0 Å². The molecule has 34 heavy (non-hydrogen) atoms. The summed E-state index contributed by atoms with van der Waals surface area (Å²) in [7, 11) is 1.56. The number of nitrogens with zero attached hydrogens (tertiary/aromatic N) is 3. The van der Waals surface area contributed by atoms with Gasteiger partial charge in [-0.3, -0.25) is 9.59 Å². The molecule has 0 aliphatic heterocycles. The average molecular weight is 479 g/mol. The van der Waals surface area contributed by atoms with E-state index in [1.165, 1.54) is 11.6 Å². The molecule has 0 atom stereocenters. The molecule has 1 aliphatic rings. The van der Waals surface area contributed by atoms with E-state index in [2.05, 4.69) is 15.6 Å². The predicted molar refractivity (Wildman–Crippen MR) is 129 cm³/mol. The van der Waals surface area contributed by atoms with Crippen molar-refractivity contribution >= 4 is 34.2 Å². The van der Waals surface area contributed by atoms with Gasteiger partial charge in [-0.15, -0.1) is 0 Å². The minimum atomic E-state index is -0.229. The molecule has 0 unspecified atom stereocenters. The fourth-order valence-corrected chi connectivity index (χ4v) is 4.16. The Labute approximate surface area is 200 Å². The molecule has 2 heterocycles. The van der Waals surface area contributed by atoms with Crippen LogP contribution in [0.3, 0.4) is 0 Å². The molecule has 0 bridgehead atoms. The lowest BCUT2D eigenvalue weighted by molar-refractivity contribution is -0.114. The lowest BCUT2D eigenvalue weighted by Gasteiger charge is -2.13. The largest absolute Gasteiger partial charge is 0.496 e. The van der Waals surface area contributed by atoms with Crippen molar-refractivity contribution in [2.75, 3.05) is 12.4 Å². The third kappa shape index (κ3) is 4.28. The van der Waals surface area contributed by atoms with Gasteiger partial charge in [0.1, 0.15) is 22.5 Å². The molecule has 4 aromatic rings. The molecule has 2 aromatic carbocycles. The van der Waals surface area contributed by atoms with Gasteiger partial charge in [0.25, 0.3) is 5.56 Å².